The van der Waals surface area contributed by atoms with E-state index >= 15 is 0 Å². The molecule has 2 rings (SSSR count). The van der Waals surface area contributed by atoms with Gasteiger partial charge in [0.1, 0.15) is 5.75 Å². The molecule has 0 amide bonds. The van der Waals surface area contributed by atoms with Gasteiger partial charge in [-0.25, -0.2) is 0 Å². The summed E-state index contributed by atoms with van der Waals surface area (Å²) in [6.07, 6.45) is 6.08. The number of hydrogen-bond acceptors (Lipinski definition) is 4. The average Bonchev–Trinajstić information content (AvgIpc) is 2.97. The van der Waals surface area contributed by atoms with Gasteiger partial charge >= 0.3 is 0 Å². The van der Waals surface area contributed by atoms with Gasteiger partial charge in [0.2, 0.25) is 0 Å². The molecule has 2 atom stereocenters. The Labute approximate surface area is 121 Å². The first-order valence-corrected chi connectivity index (χ1v) is 7.47. The lowest BCUT2D eigenvalue weighted by Gasteiger charge is -2.20. The van der Waals surface area contributed by atoms with Gasteiger partial charge in [0.25, 0.3) is 0 Å². The van der Waals surface area contributed by atoms with Gasteiger partial charge in [-0.2, -0.15) is 0 Å². The maximum absolute atomic E-state index is 5.74. The van der Waals surface area contributed by atoms with Crippen LogP contribution in [0.1, 0.15) is 49.3 Å². The molecule has 1 aliphatic heterocycles. The second-order valence-electron chi connectivity index (χ2n) is 5.53. The van der Waals surface area contributed by atoms with Crippen LogP contribution >= 0.6 is 0 Å². The Morgan fingerprint density at radius 2 is 2.35 bits per heavy atom. The third kappa shape index (κ3) is 3.95. The molecule has 112 valence electrons. The van der Waals surface area contributed by atoms with E-state index in [0.29, 0.717) is 6.10 Å². The number of hydrogen-bond donors (Lipinski definition) is 2. The SMILES string of the molecule is COc1ccc(C)cc1C(CCCC1CCCO1)NN. The predicted molar refractivity (Wildman–Crippen MR) is 80.6 cm³/mol. The zero-order chi connectivity index (χ0) is 14.4. The highest BCUT2D eigenvalue weighted by atomic mass is 16.5. The highest BCUT2D eigenvalue weighted by Gasteiger charge is 2.18. The molecule has 20 heavy (non-hydrogen) atoms. The Hall–Kier alpha value is -1.10. The molecule has 4 nitrogen and oxygen atoms in total. The summed E-state index contributed by atoms with van der Waals surface area (Å²) in [5, 5.41) is 0. The van der Waals surface area contributed by atoms with Gasteiger partial charge in [0.15, 0.2) is 0 Å². The zero-order valence-electron chi connectivity index (χ0n) is 12.5. The summed E-state index contributed by atoms with van der Waals surface area (Å²) in [5.74, 6) is 6.63. The average molecular weight is 278 g/mol. The molecule has 0 spiro atoms. The maximum atomic E-state index is 5.74. The van der Waals surface area contributed by atoms with Gasteiger partial charge in [0, 0.05) is 18.2 Å². The monoisotopic (exact) mass is 278 g/mol. The van der Waals surface area contributed by atoms with Crippen molar-refractivity contribution in [2.75, 3.05) is 13.7 Å². The molecule has 1 aromatic rings. The standard InChI is InChI=1S/C16H26N2O2/c1-12-8-9-16(19-2)14(11-12)15(18-17)7-3-5-13-6-4-10-20-13/h8-9,11,13,15,18H,3-7,10,17H2,1-2H3. The molecule has 1 heterocycles. The molecular weight excluding hydrogens is 252 g/mol. The van der Waals surface area contributed by atoms with Crippen LogP contribution in [0.5, 0.6) is 5.75 Å². The number of nitrogens with one attached hydrogen (secondary N) is 1. The molecule has 0 saturated carbocycles. The van der Waals surface area contributed by atoms with E-state index in [4.69, 9.17) is 15.3 Å². The second-order valence-corrected chi connectivity index (χ2v) is 5.53. The Bertz CT molecular complexity index is 417. The second kappa shape index (κ2) is 7.62. The normalized spacial score (nSPS) is 20.1. The summed E-state index contributed by atoms with van der Waals surface area (Å²) in [4.78, 5) is 0. The third-order valence-corrected chi connectivity index (χ3v) is 4.00. The van der Waals surface area contributed by atoms with Crippen LogP contribution in [0.25, 0.3) is 0 Å². The largest absolute Gasteiger partial charge is 0.496 e. The quantitative estimate of drug-likeness (QED) is 0.595. The molecular formula is C16H26N2O2. The molecule has 0 radical (unpaired) electrons. The number of aryl methyl sites for hydroxylation is 1. The minimum atomic E-state index is 0.131. The van der Waals surface area contributed by atoms with E-state index in [9.17, 15) is 0 Å². The van der Waals surface area contributed by atoms with Crippen molar-refractivity contribution >= 4 is 0 Å². The summed E-state index contributed by atoms with van der Waals surface area (Å²) in [7, 11) is 1.70. The van der Waals surface area contributed by atoms with Crippen molar-refractivity contribution in [1.29, 1.82) is 0 Å². The molecule has 2 unspecified atom stereocenters. The van der Waals surface area contributed by atoms with Crippen LogP contribution in [0.15, 0.2) is 18.2 Å². The number of ether oxygens (including phenoxy) is 2. The fourth-order valence-electron chi connectivity index (χ4n) is 2.88. The third-order valence-electron chi connectivity index (χ3n) is 4.00. The molecule has 0 bridgehead atoms. The van der Waals surface area contributed by atoms with E-state index in [2.05, 4.69) is 24.5 Å². The van der Waals surface area contributed by atoms with E-state index in [-0.39, 0.29) is 6.04 Å². The number of rotatable bonds is 7. The number of methoxy groups -OCH3 is 1. The molecule has 0 aliphatic carbocycles. The molecule has 3 N–H and O–H groups in total. The first kappa shape index (κ1) is 15.3. The summed E-state index contributed by atoms with van der Waals surface area (Å²) < 4.78 is 11.1. The van der Waals surface area contributed by atoms with Crippen LogP contribution in [0.4, 0.5) is 0 Å². The van der Waals surface area contributed by atoms with Crippen molar-refractivity contribution in [2.45, 2.75) is 51.2 Å². The number of hydrazine groups is 1. The summed E-state index contributed by atoms with van der Waals surface area (Å²) in [6.45, 7) is 3.01. The first-order valence-electron chi connectivity index (χ1n) is 7.47. The van der Waals surface area contributed by atoms with Crippen molar-refractivity contribution < 1.29 is 9.47 Å². The smallest absolute Gasteiger partial charge is 0.123 e. The van der Waals surface area contributed by atoms with Gasteiger partial charge in [-0.1, -0.05) is 17.7 Å². The molecule has 1 aromatic carbocycles. The zero-order valence-corrected chi connectivity index (χ0v) is 12.5. The minimum absolute atomic E-state index is 0.131. The van der Waals surface area contributed by atoms with Gasteiger partial charge in [-0.3, -0.25) is 11.3 Å². The fraction of sp³-hybridized carbons (Fsp3) is 0.625. The van der Waals surface area contributed by atoms with Crippen LogP contribution in [0.2, 0.25) is 0 Å². The van der Waals surface area contributed by atoms with E-state index in [1.54, 1.807) is 7.11 Å². The molecule has 1 fully saturated rings. The Kier molecular flexibility index (Phi) is 5.83. The first-order chi connectivity index (χ1) is 9.74. The fourth-order valence-corrected chi connectivity index (χ4v) is 2.88. The van der Waals surface area contributed by atoms with Crippen LogP contribution in [0.3, 0.4) is 0 Å². The topological polar surface area (TPSA) is 56.5 Å². The minimum Gasteiger partial charge on any atom is -0.496 e. The van der Waals surface area contributed by atoms with Crippen LogP contribution in [-0.4, -0.2) is 19.8 Å². The van der Waals surface area contributed by atoms with Crippen molar-refractivity contribution in [3.8, 4) is 5.75 Å². The van der Waals surface area contributed by atoms with E-state index in [1.165, 1.54) is 18.4 Å². The summed E-state index contributed by atoms with van der Waals surface area (Å²) >= 11 is 0. The van der Waals surface area contributed by atoms with Gasteiger partial charge in [0.05, 0.1) is 13.2 Å². The molecule has 0 aromatic heterocycles. The Morgan fingerprint density at radius 3 is 3.00 bits per heavy atom. The van der Waals surface area contributed by atoms with Crippen LogP contribution in [-0.2, 0) is 4.74 Å². The van der Waals surface area contributed by atoms with Crippen LogP contribution < -0.4 is 16.0 Å². The van der Waals surface area contributed by atoms with Crippen LogP contribution in [0, 0.1) is 6.92 Å². The molecule has 4 heteroatoms. The Morgan fingerprint density at radius 1 is 1.50 bits per heavy atom. The molecule has 1 aliphatic rings. The predicted octanol–water partition coefficient (Wildman–Crippen LogP) is 2.86. The van der Waals surface area contributed by atoms with E-state index in [0.717, 1.165) is 37.2 Å². The summed E-state index contributed by atoms with van der Waals surface area (Å²) in [5.41, 5.74) is 5.29. The van der Waals surface area contributed by atoms with Gasteiger partial charge in [-0.05, 0) is 45.1 Å². The number of nitrogens with two attached hydrogens (primary N) is 1. The van der Waals surface area contributed by atoms with Crippen molar-refractivity contribution in [1.82, 2.24) is 5.43 Å². The van der Waals surface area contributed by atoms with E-state index < -0.39 is 0 Å². The lowest BCUT2D eigenvalue weighted by Crippen LogP contribution is -2.28. The lowest BCUT2D eigenvalue weighted by atomic mass is 9.97. The van der Waals surface area contributed by atoms with Gasteiger partial charge in [-0.15, -0.1) is 0 Å². The Balaban J connectivity index is 1.94. The maximum Gasteiger partial charge on any atom is 0.123 e. The highest BCUT2D eigenvalue weighted by molar-refractivity contribution is 5.39. The van der Waals surface area contributed by atoms with E-state index in [1.807, 2.05) is 6.07 Å². The number of benzene rings is 1. The summed E-state index contributed by atoms with van der Waals surface area (Å²) in [6, 6.07) is 6.35. The van der Waals surface area contributed by atoms with Crippen molar-refractivity contribution in [2.24, 2.45) is 5.84 Å². The van der Waals surface area contributed by atoms with Gasteiger partial charge < -0.3 is 9.47 Å². The van der Waals surface area contributed by atoms with Crippen molar-refractivity contribution in [3.63, 3.8) is 0 Å². The highest BCUT2D eigenvalue weighted by Crippen LogP contribution is 2.30. The van der Waals surface area contributed by atoms with Crippen molar-refractivity contribution in [3.05, 3.63) is 29.3 Å². The lowest BCUT2D eigenvalue weighted by molar-refractivity contribution is 0.101. The molecule has 1 saturated heterocycles.